The Bertz CT molecular complexity index is 1080. The summed E-state index contributed by atoms with van der Waals surface area (Å²) in [6.45, 7) is 1.25. The number of hydrogen-bond donors (Lipinski definition) is 0. The molecule has 0 aliphatic heterocycles. The average Bonchev–Trinajstić information content (AvgIpc) is 3.10. The summed E-state index contributed by atoms with van der Waals surface area (Å²) in [5, 5.41) is 2.27. The monoisotopic (exact) mass is 418 g/mol. The van der Waals surface area contributed by atoms with E-state index >= 15 is 0 Å². The molecule has 142 valence electrons. The number of carbonyl (C=O) groups is 2. The topological polar surface area (TPSA) is 50.3 Å². The molecule has 0 aliphatic rings. The highest BCUT2D eigenvalue weighted by Gasteiger charge is 2.21. The third-order valence-electron chi connectivity index (χ3n) is 3.68. The van der Waals surface area contributed by atoms with Crippen LogP contribution in [0.2, 0.25) is 5.02 Å². The molecule has 0 saturated heterocycles. The first-order chi connectivity index (χ1) is 13.3. The number of carbonyl (C=O) groups excluding carboxylic acids is 2. The second kappa shape index (κ2) is 8.41. The Balaban J connectivity index is 1.85. The summed E-state index contributed by atoms with van der Waals surface area (Å²) in [4.78, 5) is 29.5. The van der Waals surface area contributed by atoms with Gasteiger partial charge in [0, 0.05) is 29.0 Å². The summed E-state index contributed by atoms with van der Waals surface area (Å²) >= 11 is 6.97. The normalized spacial score (nSPS) is 11.0. The van der Waals surface area contributed by atoms with Crippen LogP contribution in [-0.4, -0.2) is 16.7 Å². The number of anilines is 2. The van der Waals surface area contributed by atoms with Crippen LogP contribution in [-0.2, 0) is 4.79 Å². The largest absolute Gasteiger partial charge is 0.289 e. The maximum atomic E-state index is 14.1. The molecular formula is C20H13ClF2N2O2S. The van der Waals surface area contributed by atoms with E-state index in [9.17, 15) is 18.4 Å². The van der Waals surface area contributed by atoms with Gasteiger partial charge < -0.3 is 0 Å². The van der Waals surface area contributed by atoms with Gasteiger partial charge in [0.2, 0.25) is 5.91 Å². The Kier molecular flexibility index (Phi) is 5.96. The number of benzene rings is 2. The lowest BCUT2D eigenvalue weighted by molar-refractivity contribution is -0.115. The maximum Gasteiger partial charge on any atom is 0.230 e. The van der Waals surface area contributed by atoms with Crippen molar-refractivity contribution < 1.29 is 18.4 Å². The molecule has 0 spiro atoms. The molecule has 0 N–H and O–H groups in total. The van der Waals surface area contributed by atoms with E-state index in [4.69, 9.17) is 11.6 Å². The number of allylic oxidation sites excluding steroid dienone is 1. The van der Waals surface area contributed by atoms with Gasteiger partial charge in [0.15, 0.2) is 10.9 Å². The van der Waals surface area contributed by atoms with Gasteiger partial charge in [-0.3, -0.25) is 14.5 Å². The van der Waals surface area contributed by atoms with Gasteiger partial charge in [-0.25, -0.2) is 13.8 Å². The average molecular weight is 419 g/mol. The summed E-state index contributed by atoms with van der Waals surface area (Å²) in [6, 6.07) is 9.46. The minimum Gasteiger partial charge on any atom is -0.289 e. The van der Waals surface area contributed by atoms with Gasteiger partial charge in [0.05, 0.1) is 11.4 Å². The zero-order valence-corrected chi connectivity index (χ0v) is 16.1. The molecule has 8 heteroatoms. The number of aromatic nitrogens is 1. The third kappa shape index (κ3) is 4.49. The quantitative estimate of drug-likeness (QED) is 0.397. The number of halogens is 3. The van der Waals surface area contributed by atoms with E-state index in [0.717, 1.165) is 22.3 Å². The highest BCUT2D eigenvalue weighted by molar-refractivity contribution is 7.14. The van der Waals surface area contributed by atoms with Crippen molar-refractivity contribution >= 4 is 51.5 Å². The number of ketones is 1. The first kappa shape index (κ1) is 19.9. The van der Waals surface area contributed by atoms with Crippen molar-refractivity contribution in [1.82, 2.24) is 4.98 Å². The first-order valence-electron chi connectivity index (χ1n) is 8.04. The molecule has 3 aromatic rings. The summed E-state index contributed by atoms with van der Waals surface area (Å²) in [7, 11) is 0. The van der Waals surface area contributed by atoms with Crippen molar-refractivity contribution in [3.63, 3.8) is 0 Å². The Hall–Kier alpha value is -2.90. The zero-order chi connectivity index (χ0) is 20.3. The van der Waals surface area contributed by atoms with E-state index in [1.54, 1.807) is 29.6 Å². The highest BCUT2D eigenvalue weighted by Crippen LogP contribution is 2.31. The fourth-order valence-electron chi connectivity index (χ4n) is 2.42. The molecule has 4 nitrogen and oxygen atoms in total. The van der Waals surface area contributed by atoms with Crippen LogP contribution in [0.15, 0.2) is 53.9 Å². The molecule has 1 heterocycles. The van der Waals surface area contributed by atoms with Gasteiger partial charge in [0.25, 0.3) is 0 Å². The molecule has 0 bridgehead atoms. The smallest absolute Gasteiger partial charge is 0.230 e. The fourth-order valence-corrected chi connectivity index (χ4v) is 3.46. The predicted molar refractivity (Wildman–Crippen MR) is 106 cm³/mol. The van der Waals surface area contributed by atoms with Crippen LogP contribution >= 0.6 is 22.9 Å². The minimum absolute atomic E-state index is 0.103. The molecule has 0 unspecified atom stereocenters. The lowest BCUT2D eigenvalue weighted by atomic mass is 10.1. The molecule has 1 aromatic heterocycles. The van der Waals surface area contributed by atoms with Gasteiger partial charge in [-0.15, -0.1) is 11.3 Å². The second-order valence-electron chi connectivity index (χ2n) is 5.71. The van der Waals surface area contributed by atoms with Crippen LogP contribution in [0.1, 0.15) is 23.0 Å². The number of rotatable bonds is 5. The molecule has 0 saturated carbocycles. The molecule has 3 rings (SSSR count). The van der Waals surface area contributed by atoms with Crippen molar-refractivity contribution in [2.45, 2.75) is 6.92 Å². The molecule has 0 radical (unpaired) electrons. The van der Waals surface area contributed by atoms with Crippen LogP contribution in [0.4, 0.5) is 19.6 Å². The van der Waals surface area contributed by atoms with Gasteiger partial charge in [-0.05, 0) is 36.4 Å². The van der Waals surface area contributed by atoms with Crippen molar-refractivity contribution in [3.8, 4) is 0 Å². The number of hydrogen-bond acceptors (Lipinski definition) is 4. The van der Waals surface area contributed by atoms with E-state index in [2.05, 4.69) is 4.98 Å². The predicted octanol–water partition coefficient (Wildman–Crippen LogP) is 5.66. The number of nitrogens with zero attached hydrogens (tertiary/aromatic N) is 2. The van der Waals surface area contributed by atoms with Crippen molar-refractivity contribution in [2.24, 2.45) is 0 Å². The summed E-state index contributed by atoms with van der Waals surface area (Å²) in [5.74, 6) is -2.36. The van der Waals surface area contributed by atoms with Gasteiger partial charge in [0.1, 0.15) is 11.6 Å². The zero-order valence-electron chi connectivity index (χ0n) is 14.5. The van der Waals surface area contributed by atoms with Crippen LogP contribution in [0.25, 0.3) is 6.08 Å². The van der Waals surface area contributed by atoms with Gasteiger partial charge in [-0.1, -0.05) is 23.7 Å². The van der Waals surface area contributed by atoms with E-state index in [1.807, 2.05) is 0 Å². The van der Waals surface area contributed by atoms with E-state index in [1.165, 1.54) is 25.1 Å². The Morgan fingerprint density at radius 1 is 1.18 bits per heavy atom. The molecule has 0 atom stereocenters. The van der Waals surface area contributed by atoms with Crippen molar-refractivity contribution in [1.29, 1.82) is 0 Å². The van der Waals surface area contributed by atoms with Crippen LogP contribution in [0, 0.1) is 11.6 Å². The molecule has 1 amide bonds. The van der Waals surface area contributed by atoms with Gasteiger partial charge >= 0.3 is 0 Å². The number of amides is 1. The van der Waals surface area contributed by atoms with Crippen LogP contribution < -0.4 is 4.90 Å². The fraction of sp³-hybridized carbons (Fsp3) is 0.0500. The van der Waals surface area contributed by atoms with E-state index in [-0.39, 0.29) is 16.6 Å². The third-order valence-corrected chi connectivity index (χ3v) is 4.76. The maximum absolute atomic E-state index is 14.1. The Morgan fingerprint density at radius 3 is 2.64 bits per heavy atom. The summed E-state index contributed by atoms with van der Waals surface area (Å²) in [5.41, 5.74) is 0.746. The Morgan fingerprint density at radius 2 is 1.96 bits per heavy atom. The van der Waals surface area contributed by atoms with E-state index in [0.29, 0.717) is 22.3 Å². The van der Waals surface area contributed by atoms with Crippen molar-refractivity contribution in [3.05, 3.63) is 81.8 Å². The molecule has 28 heavy (non-hydrogen) atoms. The minimum atomic E-state index is -0.876. The Labute approximate surface area is 168 Å². The molecule has 0 fully saturated rings. The van der Waals surface area contributed by atoms with Crippen LogP contribution in [0.5, 0.6) is 0 Å². The molecule has 0 aliphatic carbocycles. The van der Waals surface area contributed by atoms with Crippen LogP contribution in [0.3, 0.4) is 0 Å². The first-order valence-corrected chi connectivity index (χ1v) is 9.30. The van der Waals surface area contributed by atoms with Crippen molar-refractivity contribution in [2.75, 3.05) is 4.90 Å². The van der Waals surface area contributed by atoms with E-state index < -0.39 is 17.5 Å². The standard InChI is InChI=1S/C20H13ClF2N2O2S/c1-12(26)25(18-7-5-15(22)10-17(18)23)20-24-16(11-28-20)6-8-19(27)13-3-2-4-14(21)9-13/h2-11H,1H3/b8-6+. The summed E-state index contributed by atoms with van der Waals surface area (Å²) in [6.07, 6.45) is 2.82. The lowest BCUT2D eigenvalue weighted by Gasteiger charge is -2.18. The second-order valence-corrected chi connectivity index (χ2v) is 6.99. The lowest BCUT2D eigenvalue weighted by Crippen LogP contribution is -2.23. The number of thiazole rings is 1. The summed E-state index contributed by atoms with van der Waals surface area (Å²) < 4.78 is 27.3. The molecule has 2 aromatic carbocycles. The highest BCUT2D eigenvalue weighted by atomic mass is 35.5. The van der Waals surface area contributed by atoms with Gasteiger partial charge in [-0.2, -0.15) is 0 Å². The SMILES string of the molecule is CC(=O)N(c1nc(/C=C/C(=O)c2cccc(Cl)c2)cs1)c1ccc(F)cc1F. The molecular weight excluding hydrogens is 406 g/mol.